The zero-order chi connectivity index (χ0) is 19.0. The normalized spacial score (nSPS) is 12.3. The average Bonchev–Trinajstić information content (AvgIpc) is 3.07. The van der Waals surface area contributed by atoms with E-state index in [0.29, 0.717) is 16.5 Å². The number of pyridine rings is 1. The number of nitrogens with one attached hydrogen (secondary N) is 3. The summed E-state index contributed by atoms with van der Waals surface area (Å²) in [5.74, 6) is 0.436. The largest absolute Gasteiger partial charge is 0.347 e. The van der Waals surface area contributed by atoms with Crippen molar-refractivity contribution in [3.63, 3.8) is 0 Å². The van der Waals surface area contributed by atoms with E-state index in [2.05, 4.69) is 30.5 Å². The van der Waals surface area contributed by atoms with Crippen molar-refractivity contribution in [3.05, 3.63) is 69.4 Å². The van der Waals surface area contributed by atoms with Crippen molar-refractivity contribution in [2.75, 3.05) is 5.32 Å². The third kappa shape index (κ3) is 3.41. The summed E-state index contributed by atoms with van der Waals surface area (Å²) in [6.07, 6.45) is 3.40. The van der Waals surface area contributed by atoms with Gasteiger partial charge in [-0.1, -0.05) is 11.6 Å². The zero-order valence-corrected chi connectivity index (χ0v) is 15.5. The number of aromatic nitrogens is 5. The fraction of sp³-hybridized carbons (Fsp3) is 0.158. The van der Waals surface area contributed by atoms with E-state index in [4.69, 9.17) is 11.6 Å². The molecule has 0 aliphatic rings. The summed E-state index contributed by atoms with van der Waals surface area (Å²) in [6, 6.07) is 8.72. The molecule has 3 aromatic heterocycles. The van der Waals surface area contributed by atoms with Crippen molar-refractivity contribution in [3.8, 4) is 11.3 Å². The Morgan fingerprint density at radius 1 is 1.22 bits per heavy atom. The van der Waals surface area contributed by atoms with Crippen LogP contribution in [0.15, 0.2) is 47.5 Å². The van der Waals surface area contributed by atoms with Gasteiger partial charge >= 0.3 is 0 Å². The number of rotatable bonds is 4. The molecule has 27 heavy (non-hydrogen) atoms. The number of anilines is 1. The molecule has 136 valence electrons. The van der Waals surface area contributed by atoms with E-state index < -0.39 is 0 Å². The lowest BCUT2D eigenvalue weighted by Crippen LogP contribution is -2.20. The van der Waals surface area contributed by atoms with E-state index in [-0.39, 0.29) is 11.6 Å². The Morgan fingerprint density at radius 3 is 2.85 bits per heavy atom. The van der Waals surface area contributed by atoms with Crippen molar-refractivity contribution in [2.24, 2.45) is 0 Å². The Hall–Kier alpha value is -3.19. The van der Waals surface area contributed by atoms with E-state index in [1.807, 2.05) is 32.0 Å². The fourth-order valence-electron chi connectivity index (χ4n) is 2.97. The van der Waals surface area contributed by atoms with E-state index in [0.717, 1.165) is 27.9 Å². The minimum atomic E-state index is -0.294. The highest BCUT2D eigenvalue weighted by Gasteiger charge is 2.14. The van der Waals surface area contributed by atoms with Crippen molar-refractivity contribution < 1.29 is 0 Å². The van der Waals surface area contributed by atoms with E-state index >= 15 is 0 Å². The zero-order valence-electron chi connectivity index (χ0n) is 14.7. The van der Waals surface area contributed by atoms with Crippen molar-refractivity contribution in [2.45, 2.75) is 19.9 Å². The van der Waals surface area contributed by atoms with Gasteiger partial charge in [0.25, 0.3) is 5.56 Å². The van der Waals surface area contributed by atoms with E-state index in [9.17, 15) is 4.79 Å². The van der Waals surface area contributed by atoms with Gasteiger partial charge in [-0.15, -0.1) is 0 Å². The molecule has 0 saturated carbocycles. The predicted molar refractivity (Wildman–Crippen MR) is 106 cm³/mol. The molecule has 1 atom stereocenters. The first-order valence-corrected chi connectivity index (χ1v) is 8.81. The lowest BCUT2D eigenvalue weighted by Gasteiger charge is -2.14. The van der Waals surface area contributed by atoms with Gasteiger partial charge in [0.05, 0.1) is 17.9 Å². The SMILES string of the molecule is Cc1[nH]ncc1-c1ccnc(NC(C)c2cc3cc(Cl)ccc3[nH]c2=O)n1. The number of H-pyrrole nitrogens is 2. The summed E-state index contributed by atoms with van der Waals surface area (Å²) in [6.45, 7) is 3.82. The first-order chi connectivity index (χ1) is 13.0. The van der Waals surface area contributed by atoms with Gasteiger partial charge in [0, 0.05) is 38.9 Å². The summed E-state index contributed by atoms with van der Waals surface area (Å²) in [4.78, 5) is 24.1. The molecule has 0 amide bonds. The van der Waals surface area contributed by atoms with Gasteiger partial charge in [0.2, 0.25) is 5.95 Å². The molecular weight excluding hydrogens is 364 g/mol. The molecule has 7 nitrogen and oxygen atoms in total. The van der Waals surface area contributed by atoms with Crippen LogP contribution in [-0.4, -0.2) is 25.1 Å². The molecule has 0 aliphatic heterocycles. The Kier molecular flexibility index (Phi) is 4.37. The third-order valence-corrected chi connectivity index (χ3v) is 4.64. The second kappa shape index (κ2) is 6.85. The van der Waals surface area contributed by atoms with Crippen molar-refractivity contribution >= 4 is 28.5 Å². The fourth-order valence-corrected chi connectivity index (χ4v) is 3.16. The number of aryl methyl sites for hydroxylation is 1. The monoisotopic (exact) mass is 380 g/mol. The van der Waals surface area contributed by atoms with Crippen LogP contribution in [0.2, 0.25) is 5.02 Å². The molecule has 1 aromatic carbocycles. The van der Waals surface area contributed by atoms with Gasteiger partial charge in [-0.25, -0.2) is 9.97 Å². The number of fused-ring (bicyclic) bond motifs is 1. The molecular formula is C19H17ClN6O. The number of hydrogen-bond acceptors (Lipinski definition) is 5. The van der Waals surface area contributed by atoms with E-state index in [1.54, 1.807) is 24.5 Å². The number of nitrogens with zero attached hydrogens (tertiary/aromatic N) is 3. The first-order valence-electron chi connectivity index (χ1n) is 8.43. The van der Waals surface area contributed by atoms with Gasteiger partial charge in [0.1, 0.15) is 0 Å². The van der Waals surface area contributed by atoms with Crippen LogP contribution in [-0.2, 0) is 0 Å². The van der Waals surface area contributed by atoms with Crippen LogP contribution in [0.4, 0.5) is 5.95 Å². The second-order valence-corrected chi connectivity index (χ2v) is 6.76. The topological polar surface area (TPSA) is 99.4 Å². The highest BCUT2D eigenvalue weighted by atomic mass is 35.5. The smallest absolute Gasteiger partial charge is 0.253 e. The molecule has 4 rings (SSSR count). The minimum absolute atomic E-state index is 0.161. The highest BCUT2D eigenvalue weighted by molar-refractivity contribution is 6.31. The maximum atomic E-state index is 12.5. The molecule has 0 spiro atoms. The molecule has 0 radical (unpaired) electrons. The molecule has 3 heterocycles. The number of benzene rings is 1. The van der Waals surface area contributed by atoms with Crippen LogP contribution in [0.25, 0.3) is 22.2 Å². The molecule has 0 bridgehead atoms. The Labute approximate surface area is 159 Å². The minimum Gasteiger partial charge on any atom is -0.347 e. The Bertz CT molecular complexity index is 1180. The molecule has 1 unspecified atom stereocenters. The number of aromatic amines is 2. The Morgan fingerprint density at radius 2 is 2.07 bits per heavy atom. The summed E-state index contributed by atoms with van der Waals surface area (Å²) in [5.41, 5.74) is 3.76. The highest BCUT2D eigenvalue weighted by Crippen LogP contribution is 2.23. The lowest BCUT2D eigenvalue weighted by molar-refractivity contribution is 0.845. The van der Waals surface area contributed by atoms with Crippen LogP contribution < -0.4 is 10.9 Å². The van der Waals surface area contributed by atoms with Gasteiger partial charge in [-0.05, 0) is 44.2 Å². The van der Waals surface area contributed by atoms with Crippen LogP contribution in [0.3, 0.4) is 0 Å². The van der Waals surface area contributed by atoms with E-state index in [1.165, 1.54) is 0 Å². The van der Waals surface area contributed by atoms with Crippen molar-refractivity contribution in [1.82, 2.24) is 25.1 Å². The Balaban J connectivity index is 1.65. The van der Waals surface area contributed by atoms with Crippen LogP contribution >= 0.6 is 11.6 Å². The molecule has 8 heteroatoms. The van der Waals surface area contributed by atoms with Crippen molar-refractivity contribution in [1.29, 1.82) is 0 Å². The average molecular weight is 381 g/mol. The first kappa shape index (κ1) is 17.2. The lowest BCUT2D eigenvalue weighted by atomic mass is 10.1. The van der Waals surface area contributed by atoms with Gasteiger partial charge < -0.3 is 10.3 Å². The van der Waals surface area contributed by atoms with Crippen LogP contribution in [0.5, 0.6) is 0 Å². The molecule has 0 fully saturated rings. The summed E-state index contributed by atoms with van der Waals surface area (Å²) >= 11 is 6.06. The van der Waals surface area contributed by atoms with Crippen LogP contribution in [0.1, 0.15) is 24.2 Å². The van der Waals surface area contributed by atoms with Gasteiger partial charge in [-0.3, -0.25) is 9.89 Å². The second-order valence-electron chi connectivity index (χ2n) is 6.33. The standard InChI is InChI=1S/C19H17ClN6O/c1-10(14-8-12-7-13(20)3-4-16(12)24-18(14)27)23-19-21-6-5-17(25-19)15-9-22-26-11(15)2/h3-10H,1-2H3,(H,22,26)(H,24,27)(H,21,23,25). The van der Waals surface area contributed by atoms with Gasteiger partial charge in [-0.2, -0.15) is 5.10 Å². The maximum absolute atomic E-state index is 12.5. The molecule has 3 N–H and O–H groups in total. The molecule has 0 saturated heterocycles. The summed E-state index contributed by atoms with van der Waals surface area (Å²) in [5, 5.41) is 11.6. The summed E-state index contributed by atoms with van der Waals surface area (Å²) in [7, 11) is 0. The quantitative estimate of drug-likeness (QED) is 0.499. The maximum Gasteiger partial charge on any atom is 0.253 e. The molecule has 4 aromatic rings. The van der Waals surface area contributed by atoms with Crippen LogP contribution in [0, 0.1) is 6.92 Å². The summed E-state index contributed by atoms with van der Waals surface area (Å²) < 4.78 is 0. The number of hydrogen-bond donors (Lipinski definition) is 3. The molecule has 0 aliphatic carbocycles. The third-order valence-electron chi connectivity index (χ3n) is 4.41. The van der Waals surface area contributed by atoms with Gasteiger partial charge in [0.15, 0.2) is 0 Å². The predicted octanol–water partition coefficient (Wildman–Crippen LogP) is 3.84. The number of halogens is 1.